The van der Waals surface area contributed by atoms with E-state index in [-0.39, 0.29) is 0 Å². The third-order valence-corrected chi connectivity index (χ3v) is 2.22. The molecule has 0 bridgehead atoms. The summed E-state index contributed by atoms with van der Waals surface area (Å²) in [4.78, 5) is 12.8. The number of benzene rings is 1. The molecule has 0 unspecified atom stereocenters. The maximum atomic E-state index is 10.9. The van der Waals surface area contributed by atoms with E-state index < -0.39 is 11.6 Å². The van der Waals surface area contributed by atoms with E-state index in [1.165, 1.54) is 13.8 Å². The van der Waals surface area contributed by atoms with Gasteiger partial charge in [-0.15, -0.1) is 0 Å². The van der Waals surface area contributed by atoms with Gasteiger partial charge in [-0.25, -0.2) is 4.79 Å². The largest absolute Gasteiger partial charge is 0.478 e. The van der Waals surface area contributed by atoms with E-state index in [0.717, 1.165) is 5.69 Å². The summed E-state index contributed by atoms with van der Waals surface area (Å²) < 4.78 is 5.43. The van der Waals surface area contributed by atoms with E-state index in [0.29, 0.717) is 5.75 Å². The van der Waals surface area contributed by atoms with Gasteiger partial charge in [0, 0.05) is 25.8 Å². The Bertz CT molecular complexity index is 386. The van der Waals surface area contributed by atoms with E-state index in [4.69, 9.17) is 9.84 Å². The van der Waals surface area contributed by atoms with Crippen LogP contribution in [-0.4, -0.2) is 30.8 Å². The van der Waals surface area contributed by atoms with Crippen LogP contribution in [0.4, 0.5) is 5.69 Å². The lowest BCUT2D eigenvalue weighted by molar-refractivity contribution is -0.152. The second-order valence-electron chi connectivity index (χ2n) is 4.31. The lowest BCUT2D eigenvalue weighted by Gasteiger charge is -2.22. The number of carboxylic acid groups (broad SMARTS) is 1. The summed E-state index contributed by atoms with van der Waals surface area (Å²) in [5.74, 6) is -0.429. The van der Waals surface area contributed by atoms with Gasteiger partial charge in [0.25, 0.3) is 0 Å². The van der Waals surface area contributed by atoms with Crippen molar-refractivity contribution in [2.45, 2.75) is 19.4 Å². The second kappa shape index (κ2) is 4.43. The molecular formula is C12H17NO3. The number of carboxylic acids is 1. The van der Waals surface area contributed by atoms with Crippen molar-refractivity contribution in [3.63, 3.8) is 0 Å². The molecule has 0 heterocycles. The second-order valence-corrected chi connectivity index (χ2v) is 4.31. The highest BCUT2D eigenvalue weighted by Crippen LogP contribution is 2.23. The van der Waals surface area contributed by atoms with Crippen molar-refractivity contribution in [3.05, 3.63) is 24.3 Å². The first-order valence-electron chi connectivity index (χ1n) is 5.03. The maximum Gasteiger partial charge on any atom is 0.347 e. The van der Waals surface area contributed by atoms with Gasteiger partial charge in [-0.05, 0) is 26.0 Å². The van der Waals surface area contributed by atoms with Crippen LogP contribution < -0.4 is 9.64 Å². The summed E-state index contributed by atoms with van der Waals surface area (Å²) in [6.45, 7) is 3.05. The molecule has 1 rings (SSSR count). The maximum absolute atomic E-state index is 10.9. The quantitative estimate of drug-likeness (QED) is 0.848. The average molecular weight is 223 g/mol. The fraction of sp³-hybridized carbons (Fsp3) is 0.417. The third-order valence-electron chi connectivity index (χ3n) is 2.22. The van der Waals surface area contributed by atoms with Crippen molar-refractivity contribution in [1.29, 1.82) is 0 Å². The summed E-state index contributed by atoms with van der Waals surface area (Å²) in [6.07, 6.45) is 0. The van der Waals surface area contributed by atoms with Gasteiger partial charge in [0.2, 0.25) is 0 Å². The lowest BCUT2D eigenvalue weighted by Crippen LogP contribution is -2.37. The number of aliphatic carboxylic acids is 1. The molecule has 0 atom stereocenters. The molecule has 0 fully saturated rings. The number of hydrogen-bond acceptors (Lipinski definition) is 3. The van der Waals surface area contributed by atoms with E-state index in [1.54, 1.807) is 6.07 Å². The lowest BCUT2D eigenvalue weighted by atomic mass is 10.1. The van der Waals surface area contributed by atoms with Crippen molar-refractivity contribution >= 4 is 11.7 Å². The minimum absolute atomic E-state index is 0.554. The van der Waals surface area contributed by atoms with Crippen molar-refractivity contribution in [1.82, 2.24) is 0 Å². The van der Waals surface area contributed by atoms with Crippen molar-refractivity contribution in [3.8, 4) is 5.75 Å². The molecule has 0 amide bonds. The molecule has 0 radical (unpaired) electrons. The standard InChI is InChI=1S/C12H17NO3/c1-12(2,11(14)15)16-10-7-5-6-9(8-10)13(3)4/h5-8H,1-4H3,(H,14,15). The SMILES string of the molecule is CN(C)c1cccc(OC(C)(C)C(=O)O)c1. The Balaban J connectivity index is 2.90. The Morgan fingerprint density at radius 2 is 2.00 bits per heavy atom. The Labute approximate surface area is 95.5 Å². The first-order chi connectivity index (χ1) is 7.33. The minimum atomic E-state index is -1.22. The van der Waals surface area contributed by atoms with Crippen molar-refractivity contribution < 1.29 is 14.6 Å². The van der Waals surface area contributed by atoms with E-state index in [2.05, 4.69) is 0 Å². The van der Waals surface area contributed by atoms with Gasteiger partial charge in [0.05, 0.1) is 0 Å². The van der Waals surface area contributed by atoms with Gasteiger partial charge in [0.15, 0.2) is 5.60 Å². The van der Waals surface area contributed by atoms with Crippen LogP contribution in [0.25, 0.3) is 0 Å². The zero-order valence-corrected chi connectivity index (χ0v) is 10.0. The van der Waals surface area contributed by atoms with Crippen molar-refractivity contribution in [2.24, 2.45) is 0 Å². The minimum Gasteiger partial charge on any atom is -0.478 e. The molecule has 0 spiro atoms. The molecule has 1 aromatic carbocycles. The molecule has 1 N–H and O–H groups in total. The first kappa shape index (κ1) is 12.4. The molecule has 0 saturated heterocycles. The predicted molar refractivity (Wildman–Crippen MR) is 63.1 cm³/mol. The molecule has 0 saturated carbocycles. The van der Waals surface area contributed by atoms with Gasteiger partial charge in [-0.3, -0.25) is 0 Å². The summed E-state index contributed by atoms with van der Waals surface area (Å²) in [5, 5.41) is 8.95. The molecule has 16 heavy (non-hydrogen) atoms. The fourth-order valence-electron chi connectivity index (χ4n) is 1.16. The summed E-state index contributed by atoms with van der Waals surface area (Å²) >= 11 is 0. The zero-order valence-electron chi connectivity index (χ0n) is 10.0. The van der Waals surface area contributed by atoms with Crippen LogP contribution in [0.5, 0.6) is 5.75 Å². The predicted octanol–water partition coefficient (Wildman–Crippen LogP) is 1.99. The molecule has 88 valence electrons. The normalized spacial score (nSPS) is 11.0. The molecule has 0 aliphatic rings. The molecule has 0 aromatic heterocycles. The summed E-state index contributed by atoms with van der Waals surface area (Å²) in [7, 11) is 3.84. The first-order valence-corrected chi connectivity index (χ1v) is 5.03. The third kappa shape index (κ3) is 2.89. The molecule has 0 aliphatic carbocycles. The zero-order chi connectivity index (χ0) is 12.3. The number of nitrogens with zero attached hydrogens (tertiary/aromatic N) is 1. The van der Waals surface area contributed by atoms with Crippen LogP contribution in [0.3, 0.4) is 0 Å². The van der Waals surface area contributed by atoms with E-state index in [9.17, 15) is 4.79 Å². The molecular weight excluding hydrogens is 206 g/mol. The van der Waals surface area contributed by atoms with E-state index in [1.807, 2.05) is 37.2 Å². The summed E-state index contributed by atoms with van der Waals surface area (Å²) in [5.41, 5.74) is -0.246. The van der Waals surface area contributed by atoms with E-state index >= 15 is 0 Å². The number of carbonyl (C=O) groups is 1. The van der Waals surface area contributed by atoms with Gasteiger partial charge >= 0.3 is 5.97 Å². The van der Waals surface area contributed by atoms with Crippen molar-refractivity contribution in [2.75, 3.05) is 19.0 Å². The van der Waals surface area contributed by atoms with Crippen LogP contribution in [-0.2, 0) is 4.79 Å². The Hall–Kier alpha value is -1.71. The van der Waals surface area contributed by atoms with Gasteiger partial charge in [-0.1, -0.05) is 6.07 Å². The van der Waals surface area contributed by atoms with Gasteiger partial charge < -0.3 is 14.7 Å². The number of anilines is 1. The van der Waals surface area contributed by atoms with Crippen LogP contribution in [0.2, 0.25) is 0 Å². The molecule has 4 nitrogen and oxygen atoms in total. The smallest absolute Gasteiger partial charge is 0.347 e. The monoisotopic (exact) mass is 223 g/mol. The van der Waals surface area contributed by atoms with Crippen LogP contribution in [0.15, 0.2) is 24.3 Å². The average Bonchev–Trinajstić information content (AvgIpc) is 2.17. The van der Waals surface area contributed by atoms with Gasteiger partial charge in [-0.2, -0.15) is 0 Å². The topological polar surface area (TPSA) is 49.8 Å². The summed E-state index contributed by atoms with van der Waals surface area (Å²) in [6, 6.07) is 7.33. The van der Waals surface area contributed by atoms with Crippen LogP contribution in [0, 0.1) is 0 Å². The molecule has 4 heteroatoms. The Morgan fingerprint density at radius 1 is 1.38 bits per heavy atom. The number of ether oxygens (including phenoxy) is 1. The molecule has 1 aromatic rings. The van der Waals surface area contributed by atoms with Crippen LogP contribution >= 0.6 is 0 Å². The number of rotatable bonds is 4. The van der Waals surface area contributed by atoms with Crippen LogP contribution in [0.1, 0.15) is 13.8 Å². The fourth-order valence-corrected chi connectivity index (χ4v) is 1.16. The highest BCUT2D eigenvalue weighted by molar-refractivity contribution is 5.76. The van der Waals surface area contributed by atoms with Gasteiger partial charge in [0.1, 0.15) is 5.75 Å². The number of hydrogen-bond donors (Lipinski definition) is 1. The molecule has 0 aliphatic heterocycles. The highest BCUT2D eigenvalue weighted by atomic mass is 16.5. The highest BCUT2D eigenvalue weighted by Gasteiger charge is 2.29. The Kier molecular flexibility index (Phi) is 3.42. The Morgan fingerprint density at radius 3 is 2.50 bits per heavy atom.